The molecule has 18 heavy (non-hydrogen) atoms. The summed E-state index contributed by atoms with van der Waals surface area (Å²) in [6.45, 7) is 1.95. The third kappa shape index (κ3) is 2.72. The van der Waals surface area contributed by atoms with Crippen molar-refractivity contribution in [2.75, 3.05) is 7.05 Å². The first kappa shape index (κ1) is 13.5. The van der Waals surface area contributed by atoms with E-state index in [-0.39, 0.29) is 6.04 Å². The van der Waals surface area contributed by atoms with Crippen LogP contribution in [0.15, 0.2) is 34.9 Å². The molecule has 0 spiro atoms. The molecule has 0 amide bonds. The van der Waals surface area contributed by atoms with Crippen molar-refractivity contribution in [2.45, 2.75) is 19.4 Å². The minimum Gasteiger partial charge on any atom is -0.469 e. The monoisotopic (exact) mass is 283 g/mol. The Balaban J connectivity index is 2.29. The minimum absolute atomic E-state index is 0.140. The van der Waals surface area contributed by atoms with Crippen LogP contribution in [0.25, 0.3) is 0 Å². The van der Waals surface area contributed by atoms with E-state index in [9.17, 15) is 0 Å². The quantitative estimate of drug-likeness (QED) is 0.900. The maximum Gasteiger partial charge on any atom is 0.105 e. The lowest BCUT2D eigenvalue weighted by atomic mass is 9.99. The lowest BCUT2D eigenvalue weighted by Crippen LogP contribution is -2.19. The molecule has 1 N–H and O–H groups in total. The zero-order valence-corrected chi connectivity index (χ0v) is 11.8. The van der Waals surface area contributed by atoms with Crippen LogP contribution in [0.4, 0.5) is 0 Å². The number of nitrogens with one attached hydrogen (secondary N) is 1. The van der Waals surface area contributed by atoms with Crippen molar-refractivity contribution in [1.82, 2.24) is 5.32 Å². The average molecular weight is 284 g/mol. The second-order valence-electron chi connectivity index (χ2n) is 4.18. The molecule has 0 aliphatic heterocycles. The van der Waals surface area contributed by atoms with Crippen LogP contribution in [0.5, 0.6) is 0 Å². The normalized spacial score (nSPS) is 12.7. The van der Waals surface area contributed by atoms with E-state index >= 15 is 0 Å². The first-order chi connectivity index (χ1) is 8.63. The van der Waals surface area contributed by atoms with Crippen molar-refractivity contribution in [1.29, 1.82) is 0 Å². The van der Waals surface area contributed by atoms with Crippen LogP contribution in [-0.4, -0.2) is 7.05 Å². The van der Waals surface area contributed by atoms with Crippen LogP contribution in [0.3, 0.4) is 0 Å². The smallest absolute Gasteiger partial charge is 0.105 e. The fraction of sp³-hybridized carbons (Fsp3) is 0.286. The molecule has 2 aromatic rings. The van der Waals surface area contributed by atoms with Gasteiger partial charge >= 0.3 is 0 Å². The molecule has 1 atom stereocenters. The van der Waals surface area contributed by atoms with Crippen molar-refractivity contribution in [2.24, 2.45) is 0 Å². The largest absolute Gasteiger partial charge is 0.469 e. The number of hydrogen-bond acceptors (Lipinski definition) is 2. The number of halogens is 2. The van der Waals surface area contributed by atoms with E-state index in [0.717, 1.165) is 23.3 Å². The van der Waals surface area contributed by atoms with E-state index < -0.39 is 0 Å². The van der Waals surface area contributed by atoms with E-state index in [1.807, 2.05) is 38.2 Å². The molecule has 2 rings (SSSR count). The second-order valence-corrected chi connectivity index (χ2v) is 4.99. The van der Waals surface area contributed by atoms with Gasteiger partial charge in [0.2, 0.25) is 0 Å². The minimum atomic E-state index is 0.140. The molecule has 0 aliphatic carbocycles. The summed E-state index contributed by atoms with van der Waals surface area (Å²) in [6, 6.07) is 7.68. The summed E-state index contributed by atoms with van der Waals surface area (Å²) < 4.78 is 5.34. The molecule has 0 fully saturated rings. The van der Waals surface area contributed by atoms with Crippen LogP contribution in [0, 0.1) is 6.92 Å². The molecule has 0 aliphatic rings. The molecular weight excluding hydrogens is 269 g/mol. The summed E-state index contributed by atoms with van der Waals surface area (Å²) in [5.74, 6) is 0.914. The summed E-state index contributed by atoms with van der Waals surface area (Å²) in [5, 5.41) is 4.67. The highest BCUT2D eigenvalue weighted by Crippen LogP contribution is 2.30. The van der Waals surface area contributed by atoms with Gasteiger partial charge in [0.15, 0.2) is 0 Å². The highest BCUT2D eigenvalue weighted by atomic mass is 35.5. The molecule has 4 heteroatoms. The Morgan fingerprint density at radius 3 is 2.39 bits per heavy atom. The lowest BCUT2D eigenvalue weighted by molar-refractivity contribution is 0.512. The van der Waals surface area contributed by atoms with Gasteiger partial charge in [-0.15, -0.1) is 0 Å². The highest BCUT2D eigenvalue weighted by Gasteiger charge is 2.17. The van der Waals surface area contributed by atoms with Crippen LogP contribution in [0.2, 0.25) is 10.0 Å². The summed E-state index contributed by atoms with van der Waals surface area (Å²) >= 11 is 12.4. The third-order valence-electron chi connectivity index (χ3n) is 3.09. The van der Waals surface area contributed by atoms with Gasteiger partial charge in [0, 0.05) is 21.7 Å². The van der Waals surface area contributed by atoms with Gasteiger partial charge in [-0.25, -0.2) is 0 Å². The Labute approximate surface area is 117 Å². The van der Waals surface area contributed by atoms with Crippen molar-refractivity contribution in [3.63, 3.8) is 0 Å². The summed E-state index contributed by atoms with van der Waals surface area (Å²) in [4.78, 5) is 0. The number of hydrogen-bond donors (Lipinski definition) is 1. The van der Waals surface area contributed by atoms with Crippen LogP contribution in [-0.2, 0) is 6.42 Å². The van der Waals surface area contributed by atoms with E-state index in [2.05, 4.69) is 5.32 Å². The SMILES string of the molecule is CNC(Cc1c(Cl)cccc1Cl)c1ccoc1C. The molecule has 1 aromatic heterocycles. The van der Waals surface area contributed by atoms with E-state index in [4.69, 9.17) is 27.6 Å². The first-order valence-corrected chi connectivity index (χ1v) is 6.53. The van der Waals surface area contributed by atoms with Gasteiger partial charge in [0.25, 0.3) is 0 Å². The van der Waals surface area contributed by atoms with E-state index in [0.29, 0.717) is 10.0 Å². The van der Waals surface area contributed by atoms with Gasteiger partial charge in [-0.1, -0.05) is 29.3 Å². The maximum atomic E-state index is 6.20. The molecule has 0 saturated carbocycles. The first-order valence-electron chi connectivity index (χ1n) is 5.77. The predicted molar refractivity (Wildman–Crippen MR) is 75.4 cm³/mol. The van der Waals surface area contributed by atoms with Gasteiger partial charge in [0.1, 0.15) is 5.76 Å². The third-order valence-corrected chi connectivity index (χ3v) is 3.80. The predicted octanol–water partition coefficient (Wildman–Crippen LogP) is 4.40. The molecule has 1 heterocycles. The molecular formula is C14H15Cl2NO. The van der Waals surface area contributed by atoms with Crippen molar-refractivity contribution >= 4 is 23.2 Å². The fourth-order valence-corrected chi connectivity index (χ4v) is 2.61. The van der Waals surface area contributed by atoms with Crippen molar-refractivity contribution < 1.29 is 4.42 Å². The Kier molecular flexibility index (Phi) is 4.33. The number of rotatable bonds is 4. The van der Waals surface area contributed by atoms with Crippen molar-refractivity contribution in [3.8, 4) is 0 Å². The topological polar surface area (TPSA) is 25.2 Å². The molecule has 0 bridgehead atoms. The lowest BCUT2D eigenvalue weighted by Gasteiger charge is -2.17. The Bertz CT molecular complexity index is 516. The Morgan fingerprint density at radius 1 is 1.22 bits per heavy atom. The number of likely N-dealkylation sites (N-methyl/N-ethyl adjacent to an activating group) is 1. The summed E-state index contributed by atoms with van der Waals surface area (Å²) in [6.07, 6.45) is 2.43. The van der Waals surface area contributed by atoms with Gasteiger partial charge in [-0.05, 0) is 44.2 Å². The second kappa shape index (κ2) is 5.79. The van der Waals surface area contributed by atoms with Gasteiger partial charge in [-0.2, -0.15) is 0 Å². The molecule has 0 radical (unpaired) electrons. The standard InChI is InChI=1S/C14H15Cl2NO/c1-9-10(6-7-18-9)14(17-2)8-11-12(15)4-3-5-13(11)16/h3-7,14,17H,8H2,1-2H3. The number of benzene rings is 1. The van der Waals surface area contributed by atoms with Gasteiger partial charge < -0.3 is 9.73 Å². The molecule has 0 saturated heterocycles. The van der Waals surface area contributed by atoms with Crippen LogP contribution < -0.4 is 5.32 Å². The number of aryl methyl sites for hydroxylation is 1. The summed E-state index contributed by atoms with van der Waals surface area (Å²) in [7, 11) is 1.92. The van der Waals surface area contributed by atoms with Crippen molar-refractivity contribution in [3.05, 3.63) is 57.5 Å². The molecule has 1 unspecified atom stereocenters. The zero-order chi connectivity index (χ0) is 13.1. The maximum absolute atomic E-state index is 6.20. The van der Waals surface area contributed by atoms with Crippen LogP contribution >= 0.6 is 23.2 Å². The van der Waals surface area contributed by atoms with Gasteiger partial charge in [-0.3, -0.25) is 0 Å². The zero-order valence-electron chi connectivity index (χ0n) is 10.3. The molecule has 1 aromatic carbocycles. The Morgan fingerprint density at radius 2 is 1.89 bits per heavy atom. The fourth-order valence-electron chi connectivity index (χ4n) is 2.06. The van der Waals surface area contributed by atoms with E-state index in [1.54, 1.807) is 6.26 Å². The molecule has 96 valence electrons. The highest BCUT2D eigenvalue weighted by molar-refractivity contribution is 6.36. The Hall–Kier alpha value is -0.960. The van der Waals surface area contributed by atoms with E-state index in [1.165, 1.54) is 0 Å². The van der Waals surface area contributed by atoms with Gasteiger partial charge in [0.05, 0.1) is 6.26 Å². The molecule has 2 nitrogen and oxygen atoms in total. The number of furan rings is 1. The average Bonchev–Trinajstić information content (AvgIpc) is 2.76. The summed E-state index contributed by atoms with van der Waals surface area (Å²) in [5.41, 5.74) is 2.09. The van der Waals surface area contributed by atoms with Crippen LogP contribution in [0.1, 0.15) is 22.9 Å².